The van der Waals surface area contributed by atoms with Gasteiger partial charge in [-0.1, -0.05) is 45.7 Å². The molecule has 3 fully saturated rings. The minimum Gasteiger partial charge on any atom is -0.367 e. The molecule has 0 bridgehead atoms. The quantitative estimate of drug-likeness (QED) is 0.497. The second-order valence-electron chi connectivity index (χ2n) is 11.4. The molecule has 3 saturated heterocycles. The maximum atomic E-state index is 13.8. The van der Waals surface area contributed by atoms with Gasteiger partial charge in [0.2, 0.25) is 5.91 Å². The number of aromatic nitrogens is 1. The zero-order valence-corrected chi connectivity index (χ0v) is 24.8. The number of hydrogen-bond donors (Lipinski definition) is 1. The van der Waals surface area contributed by atoms with Crippen LogP contribution in [0.4, 0.5) is 5.13 Å². The number of nitrogens with zero attached hydrogens (tertiary/aromatic N) is 4. The van der Waals surface area contributed by atoms with Crippen LogP contribution in [0.15, 0.2) is 29.6 Å². The van der Waals surface area contributed by atoms with Gasteiger partial charge in [0, 0.05) is 55.1 Å². The molecule has 0 unspecified atom stereocenters. The van der Waals surface area contributed by atoms with Crippen LogP contribution in [0.2, 0.25) is 0 Å². The Hall–Kier alpha value is -2.82. The van der Waals surface area contributed by atoms with Crippen molar-refractivity contribution in [3.63, 3.8) is 0 Å². The molecule has 216 valence electrons. The molecular formula is C30H41N5O4S. The van der Waals surface area contributed by atoms with Gasteiger partial charge in [-0.25, -0.2) is 4.98 Å². The van der Waals surface area contributed by atoms with Gasteiger partial charge in [-0.2, -0.15) is 0 Å². The number of benzene rings is 1. The number of piperazine rings is 1. The minimum atomic E-state index is -0.712. The van der Waals surface area contributed by atoms with Gasteiger partial charge in [-0.15, -0.1) is 11.3 Å². The fourth-order valence-corrected chi connectivity index (χ4v) is 6.91. The lowest BCUT2D eigenvalue weighted by Crippen LogP contribution is -2.54. The van der Waals surface area contributed by atoms with E-state index < -0.39 is 12.1 Å². The summed E-state index contributed by atoms with van der Waals surface area (Å²) in [6.07, 6.45) is 2.35. The topological polar surface area (TPSA) is 95.1 Å². The molecule has 1 aromatic carbocycles. The van der Waals surface area contributed by atoms with Crippen LogP contribution in [-0.4, -0.2) is 96.9 Å². The molecule has 0 spiro atoms. The average molecular weight is 568 g/mol. The highest BCUT2D eigenvalue weighted by Crippen LogP contribution is 2.35. The van der Waals surface area contributed by atoms with E-state index in [1.807, 2.05) is 26.0 Å². The van der Waals surface area contributed by atoms with E-state index in [0.717, 1.165) is 61.8 Å². The summed E-state index contributed by atoms with van der Waals surface area (Å²) in [6, 6.07) is 6.14. The van der Waals surface area contributed by atoms with E-state index in [1.54, 1.807) is 28.4 Å². The molecule has 4 heterocycles. The molecule has 40 heavy (non-hydrogen) atoms. The Balaban J connectivity index is 1.27. The number of likely N-dealkylation sites (tertiary alicyclic amines) is 1. The molecular weight excluding hydrogens is 526 g/mol. The van der Waals surface area contributed by atoms with Crippen LogP contribution >= 0.6 is 11.3 Å². The fraction of sp³-hybridized carbons (Fsp3) is 0.600. The molecule has 2 amide bonds. The number of ether oxygens (including phenoxy) is 1. The lowest BCUT2D eigenvalue weighted by atomic mass is 9.96. The van der Waals surface area contributed by atoms with Crippen molar-refractivity contribution in [2.24, 2.45) is 11.8 Å². The van der Waals surface area contributed by atoms with Gasteiger partial charge in [0.25, 0.3) is 5.91 Å². The van der Waals surface area contributed by atoms with Gasteiger partial charge in [-0.3, -0.25) is 14.4 Å². The number of anilines is 1. The van der Waals surface area contributed by atoms with Crippen LogP contribution < -0.4 is 10.2 Å². The van der Waals surface area contributed by atoms with Crippen molar-refractivity contribution < 1.29 is 19.1 Å². The number of ketones is 1. The minimum absolute atomic E-state index is 0.0420. The number of likely N-dealkylation sites (N-methyl/N-ethyl adjacent to an activating group) is 1. The molecule has 0 aliphatic carbocycles. The maximum absolute atomic E-state index is 13.8. The van der Waals surface area contributed by atoms with Crippen molar-refractivity contribution in [2.45, 2.75) is 58.2 Å². The monoisotopic (exact) mass is 567 g/mol. The molecule has 1 aromatic heterocycles. The van der Waals surface area contributed by atoms with E-state index in [2.05, 4.69) is 34.5 Å². The number of Topliss-reactive ketones (excluding diaryl/α,β-unsaturated/α-hetero) is 1. The predicted molar refractivity (Wildman–Crippen MR) is 157 cm³/mol. The van der Waals surface area contributed by atoms with Crippen molar-refractivity contribution in [1.29, 1.82) is 0 Å². The average Bonchev–Trinajstić information content (AvgIpc) is 3.69. The second-order valence-corrected chi connectivity index (χ2v) is 12.3. The number of fused-ring (bicyclic) bond motifs is 1. The summed E-state index contributed by atoms with van der Waals surface area (Å²) in [5.74, 6) is -0.463. The summed E-state index contributed by atoms with van der Waals surface area (Å²) in [5, 5.41) is 6.09. The van der Waals surface area contributed by atoms with E-state index in [9.17, 15) is 14.4 Å². The Morgan fingerprint density at radius 3 is 2.55 bits per heavy atom. The molecule has 3 aliphatic rings. The molecule has 3 aliphatic heterocycles. The molecule has 5 rings (SSSR count). The molecule has 1 N–H and O–H groups in total. The standard InChI is InChI=1S/C30H41N5O4S/c1-5-7-22-16-35(26-24(36)17-39-27(22)26)29(38)25(19(3)6-2)32-28(37)21-10-8-20(9-11-21)23-18-40-30(31-23)34-14-12-33(4)13-15-34/h8-11,18-19,22,25-27H,5-7,12-17H2,1-4H3,(H,32,37)/t19-,22+,25-,26+,27+/m0/s1. The Bertz CT molecular complexity index is 1210. The first-order chi connectivity index (χ1) is 19.3. The molecule has 5 atom stereocenters. The summed E-state index contributed by atoms with van der Waals surface area (Å²) in [6.45, 7) is 10.6. The number of carbonyl (C=O) groups is 3. The largest absolute Gasteiger partial charge is 0.367 e. The molecule has 9 nitrogen and oxygen atoms in total. The second kappa shape index (κ2) is 12.4. The number of amides is 2. The highest BCUT2D eigenvalue weighted by atomic mass is 32.1. The smallest absolute Gasteiger partial charge is 0.251 e. The normalized spacial score (nSPS) is 24.7. The Labute approximate surface area is 240 Å². The SMILES string of the molecule is CCC[C@@H]1CN(C(=O)[C@@H](NC(=O)c2ccc(-c3csc(N4CCN(C)CC4)n3)cc2)[C@@H](C)CC)[C@@H]2C(=O)CO[C@H]12. The molecule has 10 heteroatoms. The van der Waals surface area contributed by atoms with E-state index in [4.69, 9.17) is 9.72 Å². The fourth-order valence-electron chi connectivity index (χ4n) is 6.03. The van der Waals surface area contributed by atoms with Crippen molar-refractivity contribution in [3.05, 3.63) is 35.2 Å². The predicted octanol–water partition coefficient (Wildman–Crippen LogP) is 3.30. The van der Waals surface area contributed by atoms with E-state index in [0.29, 0.717) is 12.1 Å². The van der Waals surface area contributed by atoms with Gasteiger partial charge >= 0.3 is 0 Å². The molecule has 0 saturated carbocycles. The summed E-state index contributed by atoms with van der Waals surface area (Å²) >= 11 is 1.64. The number of nitrogens with one attached hydrogen (secondary N) is 1. The Kier molecular flexibility index (Phi) is 8.87. The Morgan fingerprint density at radius 1 is 1.15 bits per heavy atom. The zero-order valence-electron chi connectivity index (χ0n) is 24.0. The van der Waals surface area contributed by atoms with Crippen molar-refractivity contribution in [3.8, 4) is 11.3 Å². The molecule has 0 radical (unpaired) electrons. The third kappa shape index (κ3) is 5.80. The van der Waals surface area contributed by atoms with E-state index in [-0.39, 0.29) is 42.1 Å². The third-order valence-electron chi connectivity index (χ3n) is 8.71. The third-order valence-corrected chi connectivity index (χ3v) is 9.61. The summed E-state index contributed by atoms with van der Waals surface area (Å²) in [4.78, 5) is 51.0. The highest BCUT2D eigenvalue weighted by molar-refractivity contribution is 7.14. The van der Waals surface area contributed by atoms with Crippen molar-refractivity contribution in [2.75, 3.05) is 51.3 Å². The van der Waals surface area contributed by atoms with Crippen LogP contribution in [0.3, 0.4) is 0 Å². The summed E-state index contributed by atoms with van der Waals surface area (Å²) in [5.41, 5.74) is 2.34. The first kappa shape index (κ1) is 28.7. The van der Waals surface area contributed by atoms with Crippen molar-refractivity contribution in [1.82, 2.24) is 20.1 Å². The van der Waals surface area contributed by atoms with E-state index in [1.165, 1.54) is 0 Å². The van der Waals surface area contributed by atoms with Gasteiger partial charge < -0.3 is 24.8 Å². The highest BCUT2D eigenvalue weighted by Gasteiger charge is 2.53. The Morgan fingerprint density at radius 2 is 1.88 bits per heavy atom. The van der Waals surface area contributed by atoms with Crippen LogP contribution in [0.25, 0.3) is 11.3 Å². The first-order valence-electron chi connectivity index (χ1n) is 14.6. The van der Waals surface area contributed by atoms with Gasteiger partial charge in [0.05, 0.1) is 11.8 Å². The number of carbonyl (C=O) groups excluding carboxylic acids is 3. The zero-order chi connectivity index (χ0) is 28.4. The van der Waals surface area contributed by atoms with Gasteiger partial charge in [0.1, 0.15) is 18.7 Å². The summed E-state index contributed by atoms with van der Waals surface area (Å²) < 4.78 is 5.80. The van der Waals surface area contributed by atoms with Gasteiger partial charge in [0.15, 0.2) is 10.9 Å². The number of hydrogen-bond acceptors (Lipinski definition) is 8. The van der Waals surface area contributed by atoms with Crippen molar-refractivity contribution >= 4 is 34.1 Å². The van der Waals surface area contributed by atoms with Crippen LogP contribution in [0.1, 0.15) is 50.4 Å². The van der Waals surface area contributed by atoms with Crippen LogP contribution in [-0.2, 0) is 14.3 Å². The van der Waals surface area contributed by atoms with Crippen LogP contribution in [0.5, 0.6) is 0 Å². The lowest BCUT2D eigenvalue weighted by Gasteiger charge is -2.32. The number of thiazole rings is 1. The van der Waals surface area contributed by atoms with Gasteiger partial charge in [-0.05, 0) is 31.5 Å². The lowest BCUT2D eigenvalue weighted by molar-refractivity contribution is -0.139. The number of rotatable bonds is 9. The molecule has 2 aromatic rings. The first-order valence-corrected chi connectivity index (χ1v) is 15.4. The maximum Gasteiger partial charge on any atom is 0.251 e. The van der Waals surface area contributed by atoms with Crippen LogP contribution in [0, 0.1) is 11.8 Å². The summed E-state index contributed by atoms with van der Waals surface area (Å²) in [7, 11) is 2.14. The van der Waals surface area contributed by atoms with E-state index >= 15 is 0 Å².